The van der Waals surface area contributed by atoms with E-state index in [1.54, 1.807) is 51.7 Å². The molecule has 0 saturated heterocycles. The zero-order valence-corrected chi connectivity index (χ0v) is 18.8. The van der Waals surface area contributed by atoms with E-state index in [1.165, 1.54) is 24.3 Å². The van der Waals surface area contributed by atoms with Gasteiger partial charge in [0.15, 0.2) is 11.5 Å². The quantitative estimate of drug-likeness (QED) is 0.460. The summed E-state index contributed by atoms with van der Waals surface area (Å²) in [6.45, 7) is 0. The lowest BCUT2D eigenvalue weighted by Crippen LogP contribution is -2.13. The summed E-state index contributed by atoms with van der Waals surface area (Å²) in [5.74, 6) is 1.55. The van der Waals surface area contributed by atoms with E-state index in [1.807, 2.05) is 18.2 Å². The first-order valence-corrected chi connectivity index (χ1v) is 11.1. The fourth-order valence-corrected chi connectivity index (χ4v) is 4.15. The van der Waals surface area contributed by atoms with Crippen molar-refractivity contribution in [3.63, 3.8) is 0 Å². The molecular formula is C23H22ClNO5S. The largest absolute Gasteiger partial charge is 0.493 e. The number of benzene rings is 3. The Kier molecular flexibility index (Phi) is 7.09. The van der Waals surface area contributed by atoms with Crippen LogP contribution < -0.4 is 18.9 Å². The Morgan fingerprint density at radius 2 is 1.45 bits per heavy atom. The number of methoxy groups -OCH3 is 3. The molecule has 0 aliphatic carbocycles. The van der Waals surface area contributed by atoms with Gasteiger partial charge in [0.05, 0.1) is 31.9 Å². The predicted molar refractivity (Wildman–Crippen MR) is 124 cm³/mol. The van der Waals surface area contributed by atoms with Gasteiger partial charge < -0.3 is 14.2 Å². The first-order chi connectivity index (χ1) is 14.9. The molecule has 3 aromatic carbocycles. The third kappa shape index (κ3) is 5.31. The third-order valence-corrected chi connectivity index (χ3v) is 6.10. The number of rotatable bonds is 8. The first kappa shape index (κ1) is 22.5. The van der Waals surface area contributed by atoms with Gasteiger partial charge in [-0.15, -0.1) is 0 Å². The number of para-hydroxylation sites is 1. The fourth-order valence-electron chi connectivity index (χ4n) is 2.94. The molecule has 0 radical (unpaired) electrons. The van der Waals surface area contributed by atoms with Crippen molar-refractivity contribution in [2.75, 3.05) is 26.1 Å². The number of hydrogen-bond donors (Lipinski definition) is 1. The minimum atomic E-state index is -3.76. The Hall–Kier alpha value is -3.16. The van der Waals surface area contributed by atoms with Crippen LogP contribution in [0.5, 0.6) is 17.2 Å². The minimum Gasteiger partial charge on any atom is -0.493 e. The summed E-state index contributed by atoms with van der Waals surface area (Å²) in [7, 11) is 0.870. The molecular weight excluding hydrogens is 438 g/mol. The minimum absolute atomic E-state index is 0.125. The Bertz CT molecular complexity index is 1170. The second-order valence-corrected chi connectivity index (χ2v) is 8.56. The maximum absolute atomic E-state index is 12.8. The molecule has 6 nitrogen and oxygen atoms in total. The average molecular weight is 460 g/mol. The summed E-state index contributed by atoms with van der Waals surface area (Å²) < 4.78 is 44.2. The molecule has 3 aromatic rings. The summed E-state index contributed by atoms with van der Waals surface area (Å²) >= 11 is 5.86. The number of hydrogen-bond acceptors (Lipinski definition) is 5. The van der Waals surface area contributed by atoms with Crippen LogP contribution >= 0.6 is 11.6 Å². The molecule has 0 fully saturated rings. The van der Waals surface area contributed by atoms with Crippen molar-refractivity contribution < 1.29 is 22.6 Å². The molecule has 31 heavy (non-hydrogen) atoms. The van der Waals surface area contributed by atoms with Gasteiger partial charge in [0.25, 0.3) is 10.0 Å². The highest BCUT2D eigenvalue weighted by Gasteiger charge is 2.16. The molecule has 0 spiro atoms. The number of halogens is 1. The van der Waals surface area contributed by atoms with E-state index in [4.69, 9.17) is 25.8 Å². The Balaban J connectivity index is 1.92. The lowest BCUT2D eigenvalue weighted by Gasteiger charge is -2.13. The summed E-state index contributed by atoms with van der Waals surface area (Å²) in [6, 6.07) is 16.7. The van der Waals surface area contributed by atoms with Crippen molar-refractivity contribution >= 4 is 39.5 Å². The highest BCUT2D eigenvalue weighted by Crippen LogP contribution is 2.38. The Morgan fingerprint density at radius 3 is 2.03 bits per heavy atom. The zero-order valence-electron chi connectivity index (χ0n) is 17.3. The van der Waals surface area contributed by atoms with E-state index in [2.05, 4.69) is 4.72 Å². The van der Waals surface area contributed by atoms with Crippen LogP contribution in [0.1, 0.15) is 11.1 Å². The Labute approximate surface area is 187 Å². The van der Waals surface area contributed by atoms with Crippen LogP contribution in [-0.4, -0.2) is 29.7 Å². The second kappa shape index (κ2) is 9.76. The molecule has 0 unspecified atom stereocenters. The lowest BCUT2D eigenvalue weighted by atomic mass is 10.1. The van der Waals surface area contributed by atoms with E-state index in [-0.39, 0.29) is 4.90 Å². The van der Waals surface area contributed by atoms with E-state index in [9.17, 15) is 8.42 Å². The standard InChI is InChI=1S/C23H22ClNO5S/c1-28-21-14-16(15-22(29-2)23(21)30-3)8-9-17-6-4-5-7-20(17)25-31(26,27)19-12-10-18(24)11-13-19/h4-15,25H,1-3H3. The van der Waals surface area contributed by atoms with Crippen LogP contribution in [0.3, 0.4) is 0 Å². The summed E-state index contributed by atoms with van der Waals surface area (Å²) in [5, 5.41) is 0.465. The predicted octanol–water partition coefficient (Wildman–Crippen LogP) is 5.34. The van der Waals surface area contributed by atoms with Crippen molar-refractivity contribution in [3.8, 4) is 17.2 Å². The van der Waals surface area contributed by atoms with E-state index in [0.717, 1.165) is 5.56 Å². The van der Waals surface area contributed by atoms with E-state index in [0.29, 0.717) is 33.5 Å². The van der Waals surface area contributed by atoms with Gasteiger partial charge in [0, 0.05) is 5.02 Å². The molecule has 1 N–H and O–H groups in total. The van der Waals surface area contributed by atoms with Crippen LogP contribution in [-0.2, 0) is 10.0 Å². The third-order valence-electron chi connectivity index (χ3n) is 4.47. The molecule has 0 heterocycles. The molecule has 0 bridgehead atoms. The van der Waals surface area contributed by atoms with E-state index >= 15 is 0 Å². The van der Waals surface area contributed by atoms with Gasteiger partial charge >= 0.3 is 0 Å². The van der Waals surface area contributed by atoms with Crippen molar-refractivity contribution in [1.29, 1.82) is 0 Å². The van der Waals surface area contributed by atoms with Crippen LogP contribution in [0.25, 0.3) is 12.2 Å². The zero-order chi connectivity index (χ0) is 22.4. The van der Waals surface area contributed by atoms with Crippen LogP contribution in [0.2, 0.25) is 5.02 Å². The molecule has 3 rings (SSSR count). The Morgan fingerprint density at radius 1 is 0.839 bits per heavy atom. The molecule has 0 amide bonds. The monoisotopic (exact) mass is 459 g/mol. The van der Waals surface area contributed by atoms with Crippen molar-refractivity contribution in [1.82, 2.24) is 0 Å². The molecule has 0 aromatic heterocycles. The number of anilines is 1. The summed E-state index contributed by atoms with van der Waals surface area (Å²) in [5.41, 5.74) is 1.93. The lowest BCUT2D eigenvalue weighted by molar-refractivity contribution is 0.324. The number of sulfonamides is 1. The summed E-state index contributed by atoms with van der Waals surface area (Å²) in [6.07, 6.45) is 3.64. The van der Waals surface area contributed by atoms with Crippen LogP contribution in [0.4, 0.5) is 5.69 Å². The van der Waals surface area contributed by atoms with Gasteiger partial charge in [-0.25, -0.2) is 8.42 Å². The smallest absolute Gasteiger partial charge is 0.261 e. The van der Waals surface area contributed by atoms with Crippen molar-refractivity contribution in [3.05, 3.63) is 76.8 Å². The SMILES string of the molecule is COc1cc(C=Cc2ccccc2NS(=O)(=O)c2ccc(Cl)cc2)cc(OC)c1OC. The van der Waals surface area contributed by atoms with Gasteiger partial charge in [-0.05, 0) is 53.6 Å². The topological polar surface area (TPSA) is 73.9 Å². The highest BCUT2D eigenvalue weighted by molar-refractivity contribution is 7.92. The average Bonchev–Trinajstić information content (AvgIpc) is 2.77. The van der Waals surface area contributed by atoms with Gasteiger partial charge in [-0.1, -0.05) is 42.0 Å². The van der Waals surface area contributed by atoms with Crippen LogP contribution in [0, 0.1) is 0 Å². The van der Waals surface area contributed by atoms with Crippen LogP contribution in [0.15, 0.2) is 65.6 Å². The molecule has 0 atom stereocenters. The van der Waals surface area contributed by atoms with Gasteiger partial charge in [-0.2, -0.15) is 0 Å². The highest BCUT2D eigenvalue weighted by atomic mass is 35.5. The van der Waals surface area contributed by atoms with Gasteiger partial charge in [0.1, 0.15) is 0 Å². The molecule has 0 aliphatic heterocycles. The molecule has 8 heteroatoms. The maximum Gasteiger partial charge on any atom is 0.261 e. The number of ether oxygens (including phenoxy) is 3. The summed E-state index contributed by atoms with van der Waals surface area (Å²) in [4.78, 5) is 0.125. The maximum atomic E-state index is 12.8. The van der Waals surface area contributed by atoms with Gasteiger partial charge in [-0.3, -0.25) is 4.72 Å². The molecule has 0 saturated carbocycles. The molecule has 162 valence electrons. The fraction of sp³-hybridized carbons (Fsp3) is 0.130. The number of nitrogens with one attached hydrogen (secondary N) is 1. The second-order valence-electron chi connectivity index (χ2n) is 6.44. The first-order valence-electron chi connectivity index (χ1n) is 9.23. The van der Waals surface area contributed by atoms with Gasteiger partial charge in [0.2, 0.25) is 5.75 Å². The normalized spacial score (nSPS) is 11.4. The van der Waals surface area contributed by atoms with E-state index < -0.39 is 10.0 Å². The van der Waals surface area contributed by atoms with Crippen molar-refractivity contribution in [2.45, 2.75) is 4.90 Å². The molecule has 0 aliphatic rings. The van der Waals surface area contributed by atoms with Crippen molar-refractivity contribution in [2.24, 2.45) is 0 Å².